The van der Waals surface area contributed by atoms with Crippen LogP contribution in [-0.4, -0.2) is 19.8 Å². The molecule has 22 heavy (non-hydrogen) atoms. The third-order valence-corrected chi connectivity index (χ3v) is 4.02. The molecule has 1 N–H and O–H groups in total. The predicted octanol–water partition coefficient (Wildman–Crippen LogP) is 3.06. The SMILES string of the molecule is C=Cc1cccc2c(C(=O)NS(=O)(=O)C(F)(F)F)cccc12. The molecule has 0 atom stereocenters. The van der Waals surface area contributed by atoms with Crippen LogP contribution in [0.1, 0.15) is 15.9 Å². The van der Waals surface area contributed by atoms with Crippen LogP contribution in [0.25, 0.3) is 16.8 Å². The Morgan fingerprint density at radius 3 is 2.27 bits per heavy atom. The highest BCUT2D eigenvalue weighted by Gasteiger charge is 2.47. The minimum Gasteiger partial charge on any atom is -0.268 e. The topological polar surface area (TPSA) is 63.2 Å². The molecule has 8 heteroatoms. The summed E-state index contributed by atoms with van der Waals surface area (Å²) in [7, 11) is -5.75. The summed E-state index contributed by atoms with van der Waals surface area (Å²) in [5.74, 6) is -1.34. The van der Waals surface area contributed by atoms with Gasteiger partial charge >= 0.3 is 15.5 Å². The summed E-state index contributed by atoms with van der Waals surface area (Å²) in [5, 5.41) is 0.907. The van der Waals surface area contributed by atoms with Crippen LogP contribution in [-0.2, 0) is 10.0 Å². The highest BCUT2D eigenvalue weighted by Crippen LogP contribution is 2.25. The van der Waals surface area contributed by atoms with Crippen molar-refractivity contribution in [2.45, 2.75) is 5.51 Å². The third-order valence-electron chi connectivity index (χ3n) is 2.95. The number of hydrogen-bond acceptors (Lipinski definition) is 3. The van der Waals surface area contributed by atoms with Crippen molar-refractivity contribution in [1.82, 2.24) is 4.72 Å². The molecule has 0 unspecified atom stereocenters. The van der Waals surface area contributed by atoms with E-state index in [2.05, 4.69) is 6.58 Å². The Morgan fingerprint density at radius 1 is 1.09 bits per heavy atom. The minimum atomic E-state index is -5.75. The molecule has 1 amide bonds. The first-order chi connectivity index (χ1) is 10.2. The first-order valence-electron chi connectivity index (χ1n) is 5.95. The molecule has 0 aliphatic heterocycles. The fourth-order valence-corrected chi connectivity index (χ4v) is 2.41. The van der Waals surface area contributed by atoms with Crippen molar-refractivity contribution in [2.24, 2.45) is 0 Å². The number of sulfonamides is 1. The molecule has 4 nitrogen and oxygen atoms in total. The van der Waals surface area contributed by atoms with Crippen LogP contribution in [0.4, 0.5) is 13.2 Å². The van der Waals surface area contributed by atoms with Crippen molar-refractivity contribution >= 4 is 32.8 Å². The van der Waals surface area contributed by atoms with Crippen molar-refractivity contribution in [3.05, 3.63) is 54.1 Å². The molecular formula is C14H10F3NO3S. The van der Waals surface area contributed by atoms with E-state index in [1.165, 1.54) is 24.3 Å². The van der Waals surface area contributed by atoms with Gasteiger partial charge in [0.15, 0.2) is 0 Å². The van der Waals surface area contributed by atoms with E-state index < -0.39 is 21.4 Å². The maximum atomic E-state index is 12.3. The van der Waals surface area contributed by atoms with Gasteiger partial charge in [-0.05, 0) is 22.4 Å². The van der Waals surface area contributed by atoms with Crippen molar-refractivity contribution in [1.29, 1.82) is 0 Å². The van der Waals surface area contributed by atoms with Gasteiger partial charge in [0.2, 0.25) is 0 Å². The summed E-state index contributed by atoms with van der Waals surface area (Å²) in [6, 6.07) is 9.16. The normalized spacial score (nSPS) is 12.1. The Labute approximate surface area is 124 Å². The number of hydrogen-bond donors (Lipinski definition) is 1. The van der Waals surface area contributed by atoms with Gasteiger partial charge in [0.05, 0.1) is 0 Å². The average molecular weight is 329 g/mol. The molecule has 0 aromatic heterocycles. The van der Waals surface area contributed by atoms with Gasteiger partial charge in [-0.3, -0.25) is 4.79 Å². The second kappa shape index (κ2) is 5.45. The maximum Gasteiger partial charge on any atom is 0.516 e. The summed E-state index contributed by atoms with van der Waals surface area (Å²) in [5.41, 5.74) is -5.06. The molecule has 0 fully saturated rings. The second-order valence-corrected chi connectivity index (χ2v) is 6.01. The Bertz CT molecular complexity index is 857. The Hall–Kier alpha value is -2.35. The molecule has 2 aromatic carbocycles. The van der Waals surface area contributed by atoms with Crippen LogP contribution < -0.4 is 4.72 Å². The Balaban J connectivity index is 2.53. The van der Waals surface area contributed by atoms with Crippen LogP contribution in [0, 0.1) is 0 Å². The largest absolute Gasteiger partial charge is 0.516 e. The number of nitrogens with one attached hydrogen (secondary N) is 1. The van der Waals surface area contributed by atoms with E-state index in [9.17, 15) is 26.4 Å². The van der Waals surface area contributed by atoms with E-state index in [0.29, 0.717) is 16.3 Å². The Morgan fingerprint density at radius 2 is 1.68 bits per heavy atom. The predicted molar refractivity (Wildman–Crippen MR) is 76.5 cm³/mol. The number of carbonyl (C=O) groups is 1. The van der Waals surface area contributed by atoms with E-state index in [1.807, 2.05) is 0 Å². The average Bonchev–Trinajstić information content (AvgIpc) is 2.44. The molecular weight excluding hydrogens is 319 g/mol. The number of alkyl halides is 3. The fraction of sp³-hybridized carbons (Fsp3) is 0.0714. The summed E-state index contributed by atoms with van der Waals surface area (Å²) in [4.78, 5) is 11.9. The highest BCUT2D eigenvalue weighted by atomic mass is 32.2. The number of benzene rings is 2. The first-order valence-corrected chi connectivity index (χ1v) is 7.43. The number of rotatable bonds is 3. The monoisotopic (exact) mass is 329 g/mol. The van der Waals surface area contributed by atoms with Gasteiger partial charge in [-0.1, -0.05) is 43.0 Å². The molecule has 0 radical (unpaired) electrons. The van der Waals surface area contributed by atoms with E-state index in [0.717, 1.165) is 4.72 Å². The van der Waals surface area contributed by atoms with E-state index in [-0.39, 0.29) is 5.56 Å². The summed E-state index contributed by atoms with van der Waals surface area (Å²) in [6.07, 6.45) is 1.52. The van der Waals surface area contributed by atoms with Crippen molar-refractivity contribution in [3.8, 4) is 0 Å². The summed E-state index contributed by atoms with van der Waals surface area (Å²) < 4.78 is 60.0. The molecule has 2 aromatic rings. The lowest BCUT2D eigenvalue weighted by Gasteiger charge is -2.11. The van der Waals surface area contributed by atoms with Gasteiger partial charge in [-0.15, -0.1) is 0 Å². The van der Waals surface area contributed by atoms with Gasteiger partial charge in [-0.25, -0.2) is 4.72 Å². The van der Waals surface area contributed by atoms with Gasteiger partial charge in [-0.2, -0.15) is 21.6 Å². The zero-order chi connectivity index (χ0) is 16.5. The third kappa shape index (κ3) is 2.82. The lowest BCUT2D eigenvalue weighted by Crippen LogP contribution is -2.40. The van der Waals surface area contributed by atoms with Crippen LogP contribution in [0.15, 0.2) is 43.0 Å². The van der Waals surface area contributed by atoms with Crippen LogP contribution in [0.5, 0.6) is 0 Å². The van der Waals surface area contributed by atoms with E-state index in [1.54, 1.807) is 18.2 Å². The van der Waals surface area contributed by atoms with Gasteiger partial charge in [0, 0.05) is 5.56 Å². The lowest BCUT2D eigenvalue weighted by molar-refractivity contribution is -0.0446. The second-order valence-electron chi connectivity index (χ2n) is 4.33. The Kier molecular flexibility index (Phi) is 3.97. The molecule has 0 heterocycles. The van der Waals surface area contributed by atoms with Gasteiger partial charge in [0.1, 0.15) is 0 Å². The zero-order valence-electron chi connectivity index (χ0n) is 11.0. The molecule has 0 bridgehead atoms. The van der Waals surface area contributed by atoms with Crippen LogP contribution in [0.3, 0.4) is 0 Å². The first kappa shape index (κ1) is 16.0. The molecule has 0 aliphatic rings. The van der Waals surface area contributed by atoms with Crippen molar-refractivity contribution < 1.29 is 26.4 Å². The molecule has 0 saturated heterocycles. The molecule has 2 rings (SSSR count). The molecule has 0 aliphatic carbocycles. The van der Waals surface area contributed by atoms with Crippen LogP contribution >= 0.6 is 0 Å². The van der Waals surface area contributed by atoms with Gasteiger partial charge in [0.25, 0.3) is 5.91 Å². The minimum absolute atomic E-state index is 0.172. The number of halogens is 3. The molecule has 0 saturated carbocycles. The quantitative estimate of drug-likeness (QED) is 0.941. The number of fused-ring (bicyclic) bond motifs is 1. The van der Waals surface area contributed by atoms with Crippen LogP contribution in [0.2, 0.25) is 0 Å². The summed E-state index contributed by atoms with van der Waals surface area (Å²) in [6.45, 7) is 3.60. The van der Waals surface area contributed by atoms with Crippen molar-refractivity contribution in [3.63, 3.8) is 0 Å². The lowest BCUT2D eigenvalue weighted by atomic mass is 10.00. The van der Waals surface area contributed by atoms with E-state index in [4.69, 9.17) is 0 Å². The smallest absolute Gasteiger partial charge is 0.268 e. The molecule has 0 spiro atoms. The van der Waals surface area contributed by atoms with Gasteiger partial charge < -0.3 is 0 Å². The molecule has 116 valence electrons. The van der Waals surface area contributed by atoms with E-state index >= 15 is 0 Å². The standard InChI is InChI=1S/C14H10F3NO3S/c1-2-9-5-3-7-11-10(9)6-4-8-12(11)13(19)18-22(20,21)14(15,16)17/h2-8H,1H2,(H,18,19). The zero-order valence-corrected chi connectivity index (χ0v) is 11.8. The fourth-order valence-electron chi connectivity index (χ4n) is 1.95. The number of carbonyl (C=O) groups excluding carboxylic acids is 1. The van der Waals surface area contributed by atoms with Crippen molar-refractivity contribution in [2.75, 3.05) is 0 Å². The highest BCUT2D eigenvalue weighted by molar-refractivity contribution is 7.90. The maximum absolute atomic E-state index is 12.3. The summed E-state index contributed by atoms with van der Waals surface area (Å²) >= 11 is 0. The number of amides is 1.